The molecule has 222 valence electrons. The summed E-state index contributed by atoms with van der Waals surface area (Å²) in [6.45, 7) is 7.78. The number of fused-ring (bicyclic) bond motifs is 1. The molecule has 3 aliphatic heterocycles. The van der Waals surface area contributed by atoms with E-state index in [1.54, 1.807) is 60.4 Å². The van der Waals surface area contributed by atoms with Crippen molar-refractivity contribution in [2.24, 2.45) is 11.8 Å². The fraction of sp³-hybridized carbons (Fsp3) is 0.424. The minimum absolute atomic E-state index is 0.195. The van der Waals surface area contributed by atoms with Crippen LogP contribution in [0.4, 0.5) is 5.69 Å². The summed E-state index contributed by atoms with van der Waals surface area (Å²) in [4.78, 5) is 47.6. The van der Waals surface area contributed by atoms with Gasteiger partial charge in [0.1, 0.15) is 17.4 Å². The Kier molecular flexibility index (Phi) is 8.52. The van der Waals surface area contributed by atoms with Crippen molar-refractivity contribution < 1.29 is 29.0 Å². The molecular weight excluding hydrogens is 534 g/mol. The molecule has 0 aromatic heterocycles. The van der Waals surface area contributed by atoms with Gasteiger partial charge in [0.15, 0.2) is 0 Å². The van der Waals surface area contributed by atoms with Gasteiger partial charge in [0.25, 0.3) is 5.91 Å². The summed E-state index contributed by atoms with van der Waals surface area (Å²) >= 11 is 0. The lowest BCUT2D eigenvalue weighted by Crippen LogP contribution is -2.59. The number of anilines is 1. The Labute approximate surface area is 247 Å². The molecule has 3 aliphatic rings. The second-order valence-electron chi connectivity index (χ2n) is 11.3. The normalized spacial score (nSPS) is 26.5. The van der Waals surface area contributed by atoms with E-state index in [9.17, 15) is 19.5 Å². The van der Waals surface area contributed by atoms with Crippen LogP contribution in [0, 0.1) is 11.8 Å². The van der Waals surface area contributed by atoms with Crippen molar-refractivity contribution in [2.45, 2.75) is 43.1 Å². The number of rotatable bonds is 12. The third-order valence-electron chi connectivity index (χ3n) is 8.92. The number of aliphatic hydroxyl groups excluding tert-OH is 1. The second kappa shape index (κ2) is 12.1. The average molecular weight is 574 g/mol. The van der Waals surface area contributed by atoms with Gasteiger partial charge < -0.3 is 29.3 Å². The van der Waals surface area contributed by atoms with Gasteiger partial charge in [0.2, 0.25) is 11.8 Å². The number of benzene rings is 2. The van der Waals surface area contributed by atoms with E-state index in [4.69, 9.17) is 9.47 Å². The lowest BCUT2D eigenvalue weighted by atomic mass is 9.70. The fourth-order valence-electron chi connectivity index (χ4n) is 7.08. The largest absolute Gasteiger partial charge is 0.497 e. The van der Waals surface area contributed by atoms with Crippen LogP contribution < -0.4 is 9.64 Å². The summed E-state index contributed by atoms with van der Waals surface area (Å²) in [5.74, 6) is -1.78. The number of ether oxygens (including phenoxy) is 2. The van der Waals surface area contributed by atoms with Crippen LogP contribution in [0.15, 0.2) is 79.9 Å². The average Bonchev–Trinajstić information content (AvgIpc) is 3.66. The zero-order chi connectivity index (χ0) is 30.0. The highest BCUT2D eigenvalue weighted by molar-refractivity contribution is 6.05. The smallest absolute Gasteiger partial charge is 0.253 e. The first-order valence-electron chi connectivity index (χ1n) is 14.4. The Hall–Kier alpha value is -3.95. The predicted molar refractivity (Wildman–Crippen MR) is 159 cm³/mol. The molecule has 9 heteroatoms. The van der Waals surface area contributed by atoms with Crippen LogP contribution in [-0.4, -0.2) is 90.3 Å². The van der Waals surface area contributed by atoms with Crippen molar-refractivity contribution in [3.63, 3.8) is 0 Å². The molecule has 3 amide bonds. The summed E-state index contributed by atoms with van der Waals surface area (Å²) in [7, 11) is 3.26. The first kappa shape index (κ1) is 29.5. The first-order valence-corrected chi connectivity index (χ1v) is 14.4. The Bertz CT molecular complexity index is 1330. The molecule has 2 bridgehead atoms. The van der Waals surface area contributed by atoms with Crippen LogP contribution in [0.25, 0.3) is 0 Å². The maximum Gasteiger partial charge on any atom is 0.253 e. The summed E-state index contributed by atoms with van der Waals surface area (Å²) in [6.07, 6.45) is 4.18. The summed E-state index contributed by atoms with van der Waals surface area (Å²) in [5.41, 5.74) is 0.346. The molecule has 9 nitrogen and oxygen atoms in total. The molecule has 3 fully saturated rings. The summed E-state index contributed by atoms with van der Waals surface area (Å²) < 4.78 is 11.9. The molecule has 0 saturated carbocycles. The Balaban J connectivity index is 1.60. The molecule has 1 spiro atoms. The third kappa shape index (κ3) is 4.90. The SMILES string of the molecule is C=CCN(C)C(=O)[C@@H]1[C@H]2C(=O)N([C@@H](CO)Cc3ccccc3)C(C(=O)N(CC=C)c3ccc(OC)cc3)C23CC[C@H]1O3. The van der Waals surface area contributed by atoms with E-state index in [-0.39, 0.29) is 30.9 Å². The maximum absolute atomic E-state index is 14.7. The lowest BCUT2D eigenvalue weighted by Gasteiger charge is -2.39. The molecule has 0 aliphatic carbocycles. The number of amides is 3. The monoisotopic (exact) mass is 573 g/mol. The van der Waals surface area contributed by atoms with Crippen LogP contribution in [0.5, 0.6) is 5.75 Å². The minimum Gasteiger partial charge on any atom is -0.497 e. The molecule has 0 radical (unpaired) electrons. The van der Waals surface area contributed by atoms with Gasteiger partial charge in [0.05, 0.1) is 37.7 Å². The van der Waals surface area contributed by atoms with E-state index in [0.29, 0.717) is 37.2 Å². The number of carbonyl (C=O) groups is 3. The highest BCUT2D eigenvalue weighted by Gasteiger charge is 2.75. The van der Waals surface area contributed by atoms with Crippen LogP contribution in [0.1, 0.15) is 18.4 Å². The van der Waals surface area contributed by atoms with Crippen LogP contribution >= 0.6 is 0 Å². The minimum atomic E-state index is -1.19. The van der Waals surface area contributed by atoms with Crippen LogP contribution in [0.2, 0.25) is 0 Å². The van der Waals surface area contributed by atoms with Gasteiger partial charge in [-0.1, -0.05) is 42.5 Å². The summed E-state index contributed by atoms with van der Waals surface area (Å²) in [6, 6.07) is 14.9. The van der Waals surface area contributed by atoms with Gasteiger partial charge in [0, 0.05) is 25.8 Å². The molecule has 6 atom stereocenters. The Morgan fingerprint density at radius 3 is 2.43 bits per heavy atom. The number of hydrogen-bond acceptors (Lipinski definition) is 6. The molecule has 3 heterocycles. The van der Waals surface area contributed by atoms with E-state index >= 15 is 0 Å². The van der Waals surface area contributed by atoms with Crippen molar-refractivity contribution in [3.8, 4) is 5.75 Å². The van der Waals surface area contributed by atoms with Crippen LogP contribution in [-0.2, 0) is 25.5 Å². The number of nitrogens with zero attached hydrogens (tertiary/aromatic N) is 3. The number of likely N-dealkylation sites (tertiary alicyclic amines) is 1. The van der Waals surface area contributed by atoms with E-state index in [2.05, 4.69) is 13.2 Å². The lowest BCUT2D eigenvalue weighted by molar-refractivity contribution is -0.146. The Morgan fingerprint density at radius 2 is 1.81 bits per heavy atom. The molecule has 2 unspecified atom stereocenters. The second-order valence-corrected chi connectivity index (χ2v) is 11.3. The van der Waals surface area contributed by atoms with E-state index in [0.717, 1.165) is 5.56 Å². The number of methoxy groups -OCH3 is 1. The van der Waals surface area contributed by atoms with E-state index in [1.165, 1.54) is 4.90 Å². The molecule has 1 N–H and O–H groups in total. The quantitative estimate of drug-likeness (QED) is 0.392. The number of carbonyl (C=O) groups excluding carboxylic acids is 3. The van der Waals surface area contributed by atoms with Gasteiger partial charge in [-0.3, -0.25) is 14.4 Å². The van der Waals surface area contributed by atoms with Crippen molar-refractivity contribution in [3.05, 3.63) is 85.5 Å². The maximum atomic E-state index is 14.7. The highest BCUT2D eigenvalue weighted by Crippen LogP contribution is 2.59. The number of hydrogen-bond donors (Lipinski definition) is 1. The van der Waals surface area contributed by atoms with Gasteiger partial charge in [-0.05, 0) is 49.1 Å². The topological polar surface area (TPSA) is 99.6 Å². The zero-order valence-electron chi connectivity index (χ0n) is 24.2. The molecule has 2 aromatic rings. The standard InChI is InChI=1S/C33H39N3O6/c1-5-18-34(3)30(38)27-26-16-17-33(42-26)28(27)31(39)36(24(21-37)20-22-10-8-7-9-11-22)29(33)32(40)35(19-6-2)23-12-14-25(41-4)15-13-23/h5-15,24,26-29,37H,1-2,16-21H2,3-4H3/t24-,26-,27+,28+,29?,33?/m1/s1. The third-order valence-corrected chi connectivity index (χ3v) is 8.92. The molecular formula is C33H39N3O6. The van der Waals surface area contributed by atoms with Crippen LogP contribution in [0.3, 0.4) is 0 Å². The number of aliphatic hydroxyl groups is 1. The van der Waals surface area contributed by atoms with Crippen molar-refractivity contribution in [1.82, 2.24) is 9.80 Å². The van der Waals surface area contributed by atoms with Crippen molar-refractivity contribution in [1.29, 1.82) is 0 Å². The molecule has 2 aromatic carbocycles. The summed E-state index contributed by atoms with van der Waals surface area (Å²) in [5, 5.41) is 10.7. The fourth-order valence-corrected chi connectivity index (χ4v) is 7.08. The molecule has 5 rings (SSSR count). The highest BCUT2D eigenvalue weighted by atomic mass is 16.5. The van der Waals surface area contributed by atoms with E-state index in [1.807, 2.05) is 30.3 Å². The molecule has 3 saturated heterocycles. The van der Waals surface area contributed by atoms with Gasteiger partial charge >= 0.3 is 0 Å². The van der Waals surface area contributed by atoms with Gasteiger partial charge in [-0.15, -0.1) is 13.2 Å². The first-order chi connectivity index (χ1) is 20.3. The van der Waals surface area contributed by atoms with Gasteiger partial charge in [-0.25, -0.2) is 0 Å². The Morgan fingerprint density at radius 1 is 1.12 bits per heavy atom. The van der Waals surface area contributed by atoms with Crippen molar-refractivity contribution in [2.75, 3.05) is 38.8 Å². The predicted octanol–water partition coefficient (Wildman–Crippen LogP) is 2.84. The zero-order valence-corrected chi connectivity index (χ0v) is 24.2. The van der Waals surface area contributed by atoms with Gasteiger partial charge in [-0.2, -0.15) is 0 Å². The van der Waals surface area contributed by atoms with Crippen molar-refractivity contribution >= 4 is 23.4 Å². The van der Waals surface area contributed by atoms with E-state index < -0.39 is 35.6 Å². The number of likely N-dealkylation sites (N-methyl/N-ethyl adjacent to an activating group) is 1. The molecule has 42 heavy (non-hydrogen) atoms.